The SMILES string of the molecule is CC(C)(C)OC(=O)N1Cc2cc(O)cc(F)c2OS1(=O)=O. The first kappa shape index (κ1) is 15.4. The minimum absolute atomic E-state index is 0.0215. The summed E-state index contributed by atoms with van der Waals surface area (Å²) in [5.41, 5.74) is -0.884. The summed E-state index contributed by atoms with van der Waals surface area (Å²) in [6, 6.07) is 1.84. The number of phenolic OH excluding ortho intramolecular Hbond substituents is 1. The zero-order valence-electron chi connectivity index (χ0n) is 11.6. The van der Waals surface area contributed by atoms with Gasteiger partial charge in [0.05, 0.1) is 6.54 Å². The van der Waals surface area contributed by atoms with Gasteiger partial charge < -0.3 is 14.0 Å². The Labute approximate surface area is 121 Å². The molecule has 0 saturated heterocycles. The van der Waals surface area contributed by atoms with Crippen LogP contribution in [0.3, 0.4) is 0 Å². The van der Waals surface area contributed by atoms with Gasteiger partial charge in [0, 0.05) is 11.6 Å². The van der Waals surface area contributed by atoms with E-state index in [1.165, 1.54) is 0 Å². The van der Waals surface area contributed by atoms with Crippen LogP contribution in [-0.4, -0.2) is 29.5 Å². The fourth-order valence-corrected chi connectivity index (χ4v) is 2.70. The molecule has 21 heavy (non-hydrogen) atoms. The highest BCUT2D eigenvalue weighted by Crippen LogP contribution is 2.35. The van der Waals surface area contributed by atoms with E-state index in [0.717, 1.165) is 12.1 Å². The zero-order chi connectivity index (χ0) is 16.0. The van der Waals surface area contributed by atoms with Gasteiger partial charge in [0.25, 0.3) is 0 Å². The largest absolute Gasteiger partial charge is 0.508 e. The van der Waals surface area contributed by atoms with E-state index in [4.69, 9.17) is 4.74 Å². The molecule has 9 heteroatoms. The molecule has 1 N–H and O–H groups in total. The van der Waals surface area contributed by atoms with E-state index in [1.807, 2.05) is 0 Å². The number of benzene rings is 1. The Hall–Kier alpha value is -2.03. The third kappa shape index (κ3) is 3.18. The van der Waals surface area contributed by atoms with Crippen LogP contribution in [0.25, 0.3) is 0 Å². The van der Waals surface area contributed by atoms with Gasteiger partial charge in [-0.25, -0.2) is 9.18 Å². The van der Waals surface area contributed by atoms with E-state index in [2.05, 4.69) is 4.18 Å². The molecule has 116 valence electrons. The fraction of sp³-hybridized carbons (Fsp3) is 0.417. The summed E-state index contributed by atoms with van der Waals surface area (Å²) in [4.78, 5) is 11.9. The number of phenols is 1. The van der Waals surface area contributed by atoms with E-state index in [9.17, 15) is 22.7 Å². The Balaban J connectivity index is 2.40. The summed E-state index contributed by atoms with van der Waals surface area (Å²) in [7, 11) is -4.51. The Kier molecular flexibility index (Phi) is 3.48. The molecule has 0 spiro atoms. The van der Waals surface area contributed by atoms with Crippen molar-refractivity contribution in [3.05, 3.63) is 23.5 Å². The molecule has 1 heterocycles. The summed E-state index contributed by atoms with van der Waals surface area (Å²) in [6.45, 7) is 4.23. The number of carbonyl (C=O) groups is 1. The van der Waals surface area contributed by atoms with Gasteiger partial charge in [-0.3, -0.25) is 0 Å². The minimum atomic E-state index is -4.51. The van der Waals surface area contributed by atoms with E-state index in [0.29, 0.717) is 4.31 Å². The second-order valence-electron chi connectivity index (χ2n) is 5.44. The lowest BCUT2D eigenvalue weighted by molar-refractivity contribution is 0.0362. The second kappa shape index (κ2) is 4.76. The van der Waals surface area contributed by atoms with Crippen molar-refractivity contribution in [3.63, 3.8) is 0 Å². The molecular formula is C12H14FNO6S. The molecule has 1 aromatic carbocycles. The summed E-state index contributed by atoms with van der Waals surface area (Å²) in [5, 5.41) is 9.33. The quantitative estimate of drug-likeness (QED) is 0.785. The van der Waals surface area contributed by atoms with Gasteiger partial charge in [-0.15, -0.1) is 0 Å². The molecule has 0 radical (unpaired) electrons. The van der Waals surface area contributed by atoms with Crippen LogP contribution in [0.1, 0.15) is 26.3 Å². The van der Waals surface area contributed by atoms with Crippen molar-refractivity contribution in [2.24, 2.45) is 0 Å². The average molecular weight is 319 g/mol. The zero-order valence-corrected chi connectivity index (χ0v) is 12.4. The van der Waals surface area contributed by atoms with E-state index in [1.54, 1.807) is 20.8 Å². The minimum Gasteiger partial charge on any atom is -0.508 e. The number of hydrogen-bond acceptors (Lipinski definition) is 6. The lowest BCUT2D eigenvalue weighted by Crippen LogP contribution is -2.44. The summed E-state index contributed by atoms with van der Waals surface area (Å²) < 4.78 is 47.2. The molecule has 0 atom stereocenters. The Bertz CT molecular complexity index is 694. The van der Waals surface area contributed by atoms with Gasteiger partial charge in [-0.1, -0.05) is 0 Å². The van der Waals surface area contributed by atoms with Crippen LogP contribution in [0, 0.1) is 5.82 Å². The number of fused-ring (bicyclic) bond motifs is 1. The van der Waals surface area contributed by atoms with Gasteiger partial charge in [0.15, 0.2) is 11.6 Å². The van der Waals surface area contributed by atoms with Crippen LogP contribution >= 0.6 is 0 Å². The molecule has 1 aliphatic rings. The highest BCUT2D eigenvalue weighted by Gasteiger charge is 2.39. The standard InChI is InChI=1S/C12H14FNO6S/c1-12(2,3)19-11(16)14-6-7-4-8(15)5-9(13)10(7)20-21(14,17)18/h4-5,15H,6H2,1-3H3. The van der Waals surface area contributed by atoms with Gasteiger partial charge >= 0.3 is 16.4 Å². The van der Waals surface area contributed by atoms with Crippen molar-refractivity contribution in [1.82, 2.24) is 4.31 Å². The van der Waals surface area contributed by atoms with Crippen molar-refractivity contribution < 1.29 is 31.6 Å². The molecule has 1 aliphatic heterocycles. The molecular weight excluding hydrogens is 305 g/mol. The molecule has 0 saturated carbocycles. The van der Waals surface area contributed by atoms with Crippen LogP contribution in [-0.2, 0) is 21.6 Å². The van der Waals surface area contributed by atoms with Gasteiger partial charge in [-0.05, 0) is 26.8 Å². The number of halogens is 1. The number of ether oxygens (including phenoxy) is 1. The molecule has 1 amide bonds. The third-order valence-electron chi connectivity index (χ3n) is 2.47. The van der Waals surface area contributed by atoms with Crippen molar-refractivity contribution in [2.75, 3.05) is 0 Å². The molecule has 0 bridgehead atoms. The van der Waals surface area contributed by atoms with Crippen LogP contribution in [0.4, 0.5) is 9.18 Å². The first-order chi connectivity index (χ1) is 9.49. The van der Waals surface area contributed by atoms with E-state index >= 15 is 0 Å². The Morgan fingerprint density at radius 2 is 2.05 bits per heavy atom. The molecule has 0 fully saturated rings. The van der Waals surface area contributed by atoms with Crippen molar-refractivity contribution in [2.45, 2.75) is 32.9 Å². The maximum atomic E-state index is 13.6. The number of aromatic hydroxyl groups is 1. The maximum Gasteiger partial charge on any atom is 0.427 e. The smallest absolute Gasteiger partial charge is 0.427 e. The number of carbonyl (C=O) groups excluding carboxylic acids is 1. The van der Waals surface area contributed by atoms with Gasteiger partial charge in [0.2, 0.25) is 0 Å². The van der Waals surface area contributed by atoms with Crippen molar-refractivity contribution >= 4 is 16.4 Å². The summed E-state index contributed by atoms with van der Waals surface area (Å²) >= 11 is 0. The first-order valence-corrected chi connectivity index (χ1v) is 7.32. The highest BCUT2D eigenvalue weighted by atomic mass is 32.2. The topological polar surface area (TPSA) is 93.1 Å². The van der Waals surface area contributed by atoms with E-state index in [-0.39, 0.29) is 5.56 Å². The predicted molar refractivity (Wildman–Crippen MR) is 69.4 cm³/mol. The summed E-state index contributed by atoms with van der Waals surface area (Å²) in [6.07, 6.45) is -1.14. The lowest BCUT2D eigenvalue weighted by atomic mass is 10.2. The number of hydrogen-bond donors (Lipinski definition) is 1. The molecule has 2 rings (SSSR count). The average Bonchev–Trinajstić information content (AvgIpc) is 2.26. The number of amides is 1. The monoisotopic (exact) mass is 319 g/mol. The number of nitrogens with zero attached hydrogens (tertiary/aromatic N) is 1. The molecule has 7 nitrogen and oxygen atoms in total. The van der Waals surface area contributed by atoms with Gasteiger partial charge in [-0.2, -0.15) is 12.7 Å². The fourth-order valence-electron chi connectivity index (χ4n) is 1.70. The molecule has 0 aliphatic carbocycles. The van der Waals surface area contributed by atoms with E-state index < -0.39 is 45.9 Å². The third-order valence-corrected chi connectivity index (χ3v) is 3.67. The molecule has 0 unspecified atom stereocenters. The Morgan fingerprint density at radius 3 is 2.62 bits per heavy atom. The van der Waals surface area contributed by atoms with Crippen molar-refractivity contribution in [1.29, 1.82) is 0 Å². The maximum absolute atomic E-state index is 13.6. The number of rotatable bonds is 0. The normalized spacial score (nSPS) is 16.9. The molecule has 0 aromatic heterocycles. The van der Waals surface area contributed by atoms with Crippen LogP contribution in [0.2, 0.25) is 0 Å². The Morgan fingerprint density at radius 1 is 1.43 bits per heavy atom. The predicted octanol–water partition coefficient (Wildman–Crippen LogP) is 1.91. The van der Waals surface area contributed by atoms with Crippen LogP contribution in [0.15, 0.2) is 12.1 Å². The van der Waals surface area contributed by atoms with Gasteiger partial charge in [0.1, 0.15) is 11.4 Å². The second-order valence-corrected chi connectivity index (χ2v) is 6.91. The van der Waals surface area contributed by atoms with Crippen molar-refractivity contribution in [3.8, 4) is 11.5 Å². The van der Waals surface area contributed by atoms with Crippen LogP contribution in [0.5, 0.6) is 11.5 Å². The van der Waals surface area contributed by atoms with Crippen LogP contribution < -0.4 is 4.18 Å². The first-order valence-electron chi connectivity index (χ1n) is 5.96. The highest BCUT2D eigenvalue weighted by molar-refractivity contribution is 7.85. The molecule has 1 aromatic rings. The summed E-state index contributed by atoms with van der Waals surface area (Å²) in [5.74, 6) is -1.97. The lowest BCUT2D eigenvalue weighted by Gasteiger charge is -2.30.